The molecule has 2 aliphatic rings. The van der Waals surface area contributed by atoms with Crippen LogP contribution in [0.4, 0.5) is 4.39 Å². The van der Waals surface area contributed by atoms with Gasteiger partial charge < -0.3 is 34.5 Å². The number of aromatic amines is 1. The zero-order valence-corrected chi connectivity index (χ0v) is 22.1. The van der Waals surface area contributed by atoms with E-state index in [1.54, 1.807) is 6.92 Å². The molecule has 1 saturated carbocycles. The molecule has 208 valence electrons. The molecule has 1 aromatic carbocycles. The highest BCUT2D eigenvalue weighted by Gasteiger charge is 2.33. The standard InChI is InChI=1S/C27H32FN5O6/c1-14-23(27(36)32-18-6-7-33(10-19(18)34)22(35)12-37-2)25-26(31-14)24(29-13-30-25)16-8-17(28)21(38-3)9-20(16)39-11-15-4-5-15/h8-9,13,15,18-19,31,34H,4-7,10-12H2,1-3H3,(H,32,36)/t18-,19-/m1/s1. The minimum Gasteiger partial charge on any atom is -0.494 e. The van der Waals surface area contributed by atoms with E-state index < -0.39 is 23.9 Å². The molecule has 11 nitrogen and oxygen atoms in total. The van der Waals surface area contributed by atoms with Gasteiger partial charge in [0.1, 0.15) is 29.9 Å². The van der Waals surface area contributed by atoms with Crippen molar-refractivity contribution in [3.05, 3.63) is 35.5 Å². The summed E-state index contributed by atoms with van der Waals surface area (Å²) >= 11 is 0. The zero-order valence-electron chi connectivity index (χ0n) is 22.1. The highest BCUT2D eigenvalue weighted by Crippen LogP contribution is 2.39. The number of ether oxygens (including phenoxy) is 3. The van der Waals surface area contributed by atoms with Crippen molar-refractivity contribution in [1.29, 1.82) is 0 Å². The van der Waals surface area contributed by atoms with E-state index in [2.05, 4.69) is 20.3 Å². The van der Waals surface area contributed by atoms with Gasteiger partial charge in [0.25, 0.3) is 5.91 Å². The molecule has 2 atom stereocenters. The predicted octanol–water partition coefficient (Wildman–Crippen LogP) is 2.21. The van der Waals surface area contributed by atoms with Crippen molar-refractivity contribution in [2.24, 2.45) is 5.92 Å². The number of methoxy groups -OCH3 is 2. The number of hydrogen-bond donors (Lipinski definition) is 3. The first kappa shape index (κ1) is 26.8. The fraction of sp³-hybridized carbons (Fsp3) is 0.481. The van der Waals surface area contributed by atoms with Gasteiger partial charge in [-0.2, -0.15) is 0 Å². The maximum absolute atomic E-state index is 14.8. The lowest BCUT2D eigenvalue weighted by Gasteiger charge is -2.36. The minimum atomic E-state index is -0.937. The van der Waals surface area contributed by atoms with Crippen LogP contribution in [0.3, 0.4) is 0 Å². The van der Waals surface area contributed by atoms with Crippen LogP contribution in [0.1, 0.15) is 35.3 Å². The first-order chi connectivity index (χ1) is 18.8. The number of aromatic nitrogens is 3. The number of aryl methyl sites for hydroxylation is 1. The van der Waals surface area contributed by atoms with Crippen LogP contribution in [-0.2, 0) is 9.53 Å². The number of likely N-dealkylation sites (tertiary alicyclic amines) is 1. The summed E-state index contributed by atoms with van der Waals surface area (Å²) in [5.41, 5.74) is 2.47. The molecule has 0 radical (unpaired) electrons. The Balaban J connectivity index is 1.43. The molecule has 39 heavy (non-hydrogen) atoms. The Morgan fingerprint density at radius 2 is 2.00 bits per heavy atom. The van der Waals surface area contributed by atoms with Gasteiger partial charge in [-0.15, -0.1) is 0 Å². The Morgan fingerprint density at radius 1 is 1.21 bits per heavy atom. The van der Waals surface area contributed by atoms with Crippen molar-refractivity contribution >= 4 is 22.8 Å². The SMILES string of the molecule is COCC(=O)N1CC[C@@H](NC(=O)c2c(C)[nH]c3c(-c4cc(F)c(OC)cc4OCC4CC4)ncnc23)[C@H](O)C1. The largest absolute Gasteiger partial charge is 0.494 e. The van der Waals surface area contributed by atoms with Crippen LogP contribution in [0.2, 0.25) is 0 Å². The molecule has 2 amide bonds. The van der Waals surface area contributed by atoms with Gasteiger partial charge in [0, 0.05) is 37.5 Å². The van der Waals surface area contributed by atoms with Crippen LogP contribution >= 0.6 is 0 Å². The average Bonchev–Trinajstić information content (AvgIpc) is 3.68. The van der Waals surface area contributed by atoms with Crippen LogP contribution in [0.25, 0.3) is 22.3 Å². The minimum absolute atomic E-state index is 0.0612. The van der Waals surface area contributed by atoms with Gasteiger partial charge in [-0.3, -0.25) is 9.59 Å². The van der Waals surface area contributed by atoms with Crippen molar-refractivity contribution in [1.82, 2.24) is 25.2 Å². The lowest BCUT2D eigenvalue weighted by molar-refractivity contribution is -0.138. The predicted molar refractivity (Wildman–Crippen MR) is 139 cm³/mol. The molecule has 0 unspecified atom stereocenters. The van der Waals surface area contributed by atoms with Gasteiger partial charge in [-0.05, 0) is 38.2 Å². The molecule has 1 saturated heterocycles. The highest BCUT2D eigenvalue weighted by molar-refractivity contribution is 6.09. The monoisotopic (exact) mass is 541 g/mol. The lowest BCUT2D eigenvalue weighted by atomic mass is 10.0. The summed E-state index contributed by atoms with van der Waals surface area (Å²) in [7, 11) is 2.83. The van der Waals surface area contributed by atoms with E-state index in [1.807, 2.05) is 0 Å². The van der Waals surface area contributed by atoms with Crippen LogP contribution < -0.4 is 14.8 Å². The van der Waals surface area contributed by atoms with E-state index in [1.165, 1.54) is 37.6 Å². The van der Waals surface area contributed by atoms with Crippen LogP contribution in [-0.4, -0.2) is 89.4 Å². The first-order valence-electron chi connectivity index (χ1n) is 12.9. The summed E-state index contributed by atoms with van der Waals surface area (Å²) in [4.78, 5) is 39.0. The molecule has 2 aromatic heterocycles. The van der Waals surface area contributed by atoms with Crippen molar-refractivity contribution in [3.63, 3.8) is 0 Å². The summed E-state index contributed by atoms with van der Waals surface area (Å²) in [6, 6.07) is 2.27. The van der Waals surface area contributed by atoms with Crippen LogP contribution in [0.5, 0.6) is 11.5 Å². The van der Waals surface area contributed by atoms with E-state index in [-0.39, 0.29) is 24.8 Å². The Labute approximate surface area is 224 Å². The van der Waals surface area contributed by atoms with Crippen molar-refractivity contribution in [3.8, 4) is 22.8 Å². The van der Waals surface area contributed by atoms with Gasteiger partial charge in [-0.1, -0.05) is 0 Å². The summed E-state index contributed by atoms with van der Waals surface area (Å²) < 4.78 is 30.9. The quantitative estimate of drug-likeness (QED) is 0.375. The van der Waals surface area contributed by atoms with E-state index in [9.17, 15) is 19.1 Å². The summed E-state index contributed by atoms with van der Waals surface area (Å²) in [5.74, 6) is -0.239. The number of H-pyrrole nitrogens is 1. The fourth-order valence-corrected chi connectivity index (χ4v) is 4.87. The Bertz CT molecular complexity index is 1390. The van der Waals surface area contributed by atoms with Gasteiger partial charge in [0.15, 0.2) is 11.6 Å². The molecule has 2 fully saturated rings. The van der Waals surface area contributed by atoms with Crippen LogP contribution in [0.15, 0.2) is 18.5 Å². The molecule has 0 bridgehead atoms. The molecule has 12 heteroatoms. The van der Waals surface area contributed by atoms with Crippen molar-refractivity contribution in [2.45, 2.75) is 38.3 Å². The van der Waals surface area contributed by atoms with Crippen molar-refractivity contribution in [2.75, 3.05) is 40.5 Å². The number of hydrogen-bond acceptors (Lipinski definition) is 8. The zero-order chi connectivity index (χ0) is 27.7. The first-order valence-corrected chi connectivity index (χ1v) is 12.9. The smallest absolute Gasteiger partial charge is 0.255 e. The molecule has 3 heterocycles. The molecule has 1 aliphatic carbocycles. The maximum atomic E-state index is 14.8. The fourth-order valence-electron chi connectivity index (χ4n) is 4.87. The second-order valence-corrected chi connectivity index (χ2v) is 10.0. The van der Waals surface area contributed by atoms with Gasteiger partial charge in [0.05, 0.1) is 36.9 Å². The number of carbonyl (C=O) groups excluding carboxylic acids is 2. The van der Waals surface area contributed by atoms with E-state index in [0.717, 1.165) is 12.8 Å². The number of halogens is 1. The highest BCUT2D eigenvalue weighted by atomic mass is 19.1. The Kier molecular flexibility index (Phi) is 7.67. The molecule has 0 spiro atoms. The third-order valence-electron chi connectivity index (χ3n) is 7.20. The second kappa shape index (κ2) is 11.1. The number of fused-ring (bicyclic) bond motifs is 1. The molecule has 5 rings (SSSR count). The topological polar surface area (TPSA) is 139 Å². The number of carbonyl (C=O) groups is 2. The normalized spacial score (nSPS) is 19.3. The number of rotatable bonds is 9. The molecule has 1 aliphatic heterocycles. The average molecular weight is 542 g/mol. The molecular weight excluding hydrogens is 509 g/mol. The van der Waals surface area contributed by atoms with Crippen molar-refractivity contribution < 1.29 is 33.3 Å². The van der Waals surface area contributed by atoms with E-state index >= 15 is 0 Å². The third-order valence-corrected chi connectivity index (χ3v) is 7.20. The Morgan fingerprint density at radius 3 is 2.69 bits per heavy atom. The summed E-state index contributed by atoms with van der Waals surface area (Å²) in [6.45, 7) is 2.66. The molecule has 3 aromatic rings. The number of aliphatic hydroxyl groups is 1. The number of piperidine rings is 1. The number of aliphatic hydroxyl groups excluding tert-OH is 1. The number of benzene rings is 1. The lowest BCUT2D eigenvalue weighted by Crippen LogP contribution is -2.55. The summed E-state index contributed by atoms with van der Waals surface area (Å²) in [5, 5.41) is 13.5. The van der Waals surface area contributed by atoms with Crippen LogP contribution in [0, 0.1) is 18.7 Å². The van der Waals surface area contributed by atoms with E-state index in [0.29, 0.717) is 64.8 Å². The second-order valence-electron chi connectivity index (χ2n) is 10.0. The third kappa shape index (κ3) is 5.52. The Hall–Kier alpha value is -3.77. The number of nitrogens with zero attached hydrogens (tertiary/aromatic N) is 3. The maximum Gasteiger partial charge on any atom is 0.255 e. The molecular formula is C27H32FN5O6. The van der Waals surface area contributed by atoms with Gasteiger partial charge in [-0.25, -0.2) is 14.4 Å². The summed E-state index contributed by atoms with van der Waals surface area (Å²) in [6.07, 6.45) is 2.96. The van der Waals surface area contributed by atoms with E-state index in [4.69, 9.17) is 14.2 Å². The number of β-amino-alcohol motifs (C(OH)–C–C–N with tert-alkyl or cyclic N) is 1. The molecule has 3 N–H and O–H groups in total. The number of nitrogens with one attached hydrogen (secondary N) is 2. The number of amides is 2. The van der Waals surface area contributed by atoms with Gasteiger partial charge >= 0.3 is 0 Å². The van der Waals surface area contributed by atoms with Gasteiger partial charge in [0.2, 0.25) is 5.91 Å².